The second-order valence-corrected chi connectivity index (χ2v) is 6.29. The summed E-state index contributed by atoms with van der Waals surface area (Å²) in [5, 5.41) is 0.488. The highest BCUT2D eigenvalue weighted by molar-refractivity contribution is 6.30. The van der Waals surface area contributed by atoms with Gasteiger partial charge in [0.15, 0.2) is 18.1 Å². The van der Waals surface area contributed by atoms with Gasteiger partial charge >= 0.3 is 5.97 Å². The maximum Gasteiger partial charge on any atom is 0.331 e. The van der Waals surface area contributed by atoms with Crippen LogP contribution in [0, 0.1) is 0 Å². The number of ether oxygens (including phenoxy) is 3. The van der Waals surface area contributed by atoms with Crippen LogP contribution < -0.4 is 20.3 Å². The molecule has 2 aromatic rings. The molecular weight excluding hydrogens is 400 g/mol. The molecule has 2 amide bonds. The van der Waals surface area contributed by atoms with Gasteiger partial charge < -0.3 is 14.2 Å². The molecule has 0 aliphatic carbocycles. The van der Waals surface area contributed by atoms with Crippen LogP contribution in [0.1, 0.15) is 15.9 Å². The number of fused-ring (bicyclic) bond motifs is 1. The number of carbonyl (C=O) groups excluding carboxylic acids is 3. The summed E-state index contributed by atoms with van der Waals surface area (Å²) in [4.78, 5) is 35.3. The van der Waals surface area contributed by atoms with E-state index in [0.29, 0.717) is 40.9 Å². The maximum atomic E-state index is 11.9. The lowest BCUT2D eigenvalue weighted by Crippen LogP contribution is -2.43. The number of hydrazine groups is 1. The summed E-state index contributed by atoms with van der Waals surface area (Å²) in [6.45, 7) is 0.411. The maximum absolute atomic E-state index is 11.9. The molecule has 9 heteroatoms. The van der Waals surface area contributed by atoms with Gasteiger partial charge in [0.25, 0.3) is 11.8 Å². The van der Waals surface area contributed by atoms with E-state index in [4.69, 9.17) is 25.8 Å². The van der Waals surface area contributed by atoms with E-state index in [1.165, 1.54) is 24.3 Å². The van der Waals surface area contributed by atoms with Crippen LogP contribution in [-0.4, -0.2) is 37.6 Å². The fraction of sp³-hybridized carbons (Fsp3) is 0.150. The third-order valence-corrected chi connectivity index (χ3v) is 4.00. The van der Waals surface area contributed by atoms with Crippen molar-refractivity contribution >= 4 is 35.5 Å². The summed E-state index contributed by atoms with van der Waals surface area (Å²) in [5.74, 6) is -0.678. The zero-order chi connectivity index (χ0) is 20.6. The van der Waals surface area contributed by atoms with Crippen molar-refractivity contribution in [2.24, 2.45) is 0 Å². The number of hydrogen-bond donors (Lipinski definition) is 2. The van der Waals surface area contributed by atoms with Gasteiger partial charge in [0.05, 0.1) is 0 Å². The average Bonchev–Trinajstić information content (AvgIpc) is 2.75. The number of amides is 2. The van der Waals surface area contributed by atoms with Gasteiger partial charge in [0, 0.05) is 16.7 Å². The molecule has 0 aromatic heterocycles. The molecule has 0 saturated carbocycles. The molecule has 0 atom stereocenters. The van der Waals surface area contributed by atoms with E-state index in [1.54, 1.807) is 30.3 Å². The molecule has 0 radical (unpaired) electrons. The zero-order valence-electron chi connectivity index (χ0n) is 15.1. The number of nitrogens with one attached hydrogen (secondary N) is 2. The predicted octanol–water partition coefficient (Wildman–Crippen LogP) is 2.13. The van der Waals surface area contributed by atoms with E-state index < -0.39 is 24.4 Å². The number of hydrogen-bond acceptors (Lipinski definition) is 6. The number of carbonyl (C=O) groups is 3. The fourth-order valence-electron chi connectivity index (χ4n) is 2.35. The van der Waals surface area contributed by atoms with Crippen molar-refractivity contribution in [3.05, 3.63) is 64.7 Å². The Kier molecular flexibility index (Phi) is 6.70. The number of rotatable bonds is 5. The van der Waals surface area contributed by atoms with E-state index in [1.807, 2.05) is 0 Å². The van der Waals surface area contributed by atoms with E-state index in [2.05, 4.69) is 10.9 Å². The Morgan fingerprint density at radius 3 is 2.48 bits per heavy atom. The predicted molar refractivity (Wildman–Crippen MR) is 104 cm³/mol. The molecule has 2 N–H and O–H groups in total. The van der Waals surface area contributed by atoms with Crippen LogP contribution in [0.2, 0.25) is 5.02 Å². The molecule has 1 aliphatic rings. The standard InChI is InChI=1S/C20H17ClN2O6/c21-15-5-3-14(4-6-15)20(26)23-22-18(24)12-29-19(25)8-2-13-1-7-16-17(11-13)28-10-9-27-16/h1-8,11H,9-10,12H2,(H,22,24)(H,23,26)/b8-2+. The first-order chi connectivity index (χ1) is 14.0. The van der Waals surface area contributed by atoms with Gasteiger partial charge in [0.2, 0.25) is 0 Å². The largest absolute Gasteiger partial charge is 0.486 e. The Morgan fingerprint density at radius 2 is 1.72 bits per heavy atom. The van der Waals surface area contributed by atoms with Crippen LogP contribution in [0.4, 0.5) is 0 Å². The van der Waals surface area contributed by atoms with E-state index in [-0.39, 0.29) is 0 Å². The zero-order valence-corrected chi connectivity index (χ0v) is 15.9. The summed E-state index contributed by atoms with van der Waals surface area (Å²) in [5.41, 5.74) is 5.40. The highest BCUT2D eigenvalue weighted by atomic mass is 35.5. The van der Waals surface area contributed by atoms with Gasteiger partial charge in [-0.3, -0.25) is 20.4 Å². The molecule has 3 rings (SSSR count). The van der Waals surface area contributed by atoms with Crippen molar-refractivity contribution in [2.75, 3.05) is 19.8 Å². The van der Waals surface area contributed by atoms with E-state index >= 15 is 0 Å². The van der Waals surface area contributed by atoms with Crippen molar-refractivity contribution in [2.45, 2.75) is 0 Å². The summed E-state index contributed by atoms with van der Waals surface area (Å²) >= 11 is 5.74. The van der Waals surface area contributed by atoms with E-state index in [0.717, 1.165) is 0 Å². The SMILES string of the molecule is O=C(COC(=O)/C=C/c1ccc2c(c1)OCCO2)NNC(=O)c1ccc(Cl)cc1. The Balaban J connectivity index is 1.41. The minimum atomic E-state index is -0.709. The normalized spacial score (nSPS) is 12.3. The lowest BCUT2D eigenvalue weighted by atomic mass is 10.2. The van der Waals surface area contributed by atoms with Gasteiger partial charge in [-0.2, -0.15) is 0 Å². The smallest absolute Gasteiger partial charge is 0.331 e. The summed E-state index contributed by atoms with van der Waals surface area (Å²) in [6, 6.07) is 11.4. The summed E-state index contributed by atoms with van der Waals surface area (Å²) in [7, 11) is 0. The minimum absolute atomic E-state index is 0.314. The molecule has 0 saturated heterocycles. The Bertz CT molecular complexity index is 942. The number of halogens is 1. The molecule has 2 aromatic carbocycles. The molecule has 1 aliphatic heterocycles. The number of benzene rings is 2. The Labute approximate surface area is 171 Å². The first kappa shape index (κ1) is 20.2. The molecule has 150 valence electrons. The molecule has 1 heterocycles. The first-order valence-electron chi connectivity index (χ1n) is 8.60. The molecule has 0 bridgehead atoms. The minimum Gasteiger partial charge on any atom is -0.486 e. The van der Waals surface area contributed by atoms with Crippen molar-refractivity contribution in [1.29, 1.82) is 0 Å². The fourth-order valence-corrected chi connectivity index (χ4v) is 2.47. The molecule has 0 spiro atoms. The van der Waals surface area contributed by atoms with Gasteiger partial charge in [-0.25, -0.2) is 4.79 Å². The lowest BCUT2D eigenvalue weighted by Gasteiger charge is -2.18. The van der Waals surface area contributed by atoms with Crippen molar-refractivity contribution in [3.63, 3.8) is 0 Å². The van der Waals surface area contributed by atoms with Crippen LogP contribution in [0.5, 0.6) is 11.5 Å². The van der Waals surface area contributed by atoms with Crippen molar-refractivity contribution in [1.82, 2.24) is 10.9 Å². The van der Waals surface area contributed by atoms with Crippen LogP contribution in [0.15, 0.2) is 48.5 Å². The van der Waals surface area contributed by atoms with Crippen LogP contribution in [0.3, 0.4) is 0 Å². The highest BCUT2D eigenvalue weighted by Crippen LogP contribution is 2.31. The van der Waals surface area contributed by atoms with Crippen LogP contribution in [0.25, 0.3) is 6.08 Å². The summed E-state index contributed by atoms with van der Waals surface area (Å²) in [6.07, 6.45) is 2.71. The third-order valence-electron chi connectivity index (χ3n) is 3.75. The van der Waals surface area contributed by atoms with Gasteiger partial charge in [-0.15, -0.1) is 0 Å². The molecule has 0 fully saturated rings. The van der Waals surface area contributed by atoms with Gasteiger partial charge in [-0.05, 0) is 48.0 Å². The highest BCUT2D eigenvalue weighted by Gasteiger charge is 2.11. The Morgan fingerprint density at radius 1 is 1.00 bits per heavy atom. The van der Waals surface area contributed by atoms with Crippen molar-refractivity contribution < 1.29 is 28.6 Å². The van der Waals surface area contributed by atoms with Crippen LogP contribution in [-0.2, 0) is 14.3 Å². The molecule has 8 nitrogen and oxygen atoms in total. The lowest BCUT2D eigenvalue weighted by molar-refractivity contribution is -0.144. The monoisotopic (exact) mass is 416 g/mol. The van der Waals surface area contributed by atoms with Gasteiger partial charge in [0.1, 0.15) is 13.2 Å². The number of esters is 1. The quantitative estimate of drug-likeness (QED) is 0.439. The molecule has 0 unspecified atom stereocenters. The third kappa shape index (κ3) is 5.98. The molecular formula is C20H17ClN2O6. The second kappa shape index (κ2) is 9.61. The van der Waals surface area contributed by atoms with Crippen molar-refractivity contribution in [3.8, 4) is 11.5 Å². The first-order valence-corrected chi connectivity index (χ1v) is 8.98. The topological polar surface area (TPSA) is 103 Å². The average molecular weight is 417 g/mol. The summed E-state index contributed by atoms with van der Waals surface area (Å²) < 4.78 is 15.7. The second-order valence-electron chi connectivity index (χ2n) is 5.85. The van der Waals surface area contributed by atoms with Crippen LogP contribution >= 0.6 is 11.6 Å². The van der Waals surface area contributed by atoms with E-state index in [9.17, 15) is 14.4 Å². The Hall–Kier alpha value is -3.52. The molecule has 29 heavy (non-hydrogen) atoms. The van der Waals surface area contributed by atoms with Gasteiger partial charge in [-0.1, -0.05) is 17.7 Å².